The third-order valence-corrected chi connectivity index (χ3v) is 1.22. The van der Waals surface area contributed by atoms with Gasteiger partial charge in [0.15, 0.2) is 0 Å². The molecule has 1 atom stereocenters. The molecule has 58 valence electrons. The number of nitrogens with zero attached hydrogens (tertiary/aromatic N) is 2. The van der Waals surface area contributed by atoms with Crippen molar-refractivity contribution in [1.82, 2.24) is 15.4 Å². The van der Waals surface area contributed by atoms with E-state index < -0.39 is 12.0 Å². The van der Waals surface area contributed by atoms with E-state index in [1.165, 1.54) is 0 Å². The molecule has 0 fully saturated rings. The molecular weight excluding hydrogens is 147 g/mol. The largest absolute Gasteiger partial charge is 0.322 e. The molecular formula is C6H7FN4. The molecule has 1 aromatic heterocycles. The van der Waals surface area contributed by atoms with Crippen LogP contribution in [0.2, 0.25) is 0 Å². The van der Waals surface area contributed by atoms with E-state index >= 15 is 0 Å². The first-order valence-electron chi connectivity index (χ1n) is 3.01. The van der Waals surface area contributed by atoms with Gasteiger partial charge in [0.2, 0.25) is 0 Å². The molecule has 0 aliphatic heterocycles. The average molecular weight is 154 g/mol. The lowest BCUT2D eigenvalue weighted by atomic mass is 10.2. The van der Waals surface area contributed by atoms with Crippen molar-refractivity contribution in [3.63, 3.8) is 0 Å². The highest BCUT2D eigenvalue weighted by molar-refractivity contribution is 5.05. The maximum Gasteiger partial charge on any atom is 0.257 e. The average Bonchev–Trinajstić information content (AvgIpc) is 2.36. The van der Waals surface area contributed by atoms with Crippen molar-refractivity contribution in [2.75, 3.05) is 0 Å². The van der Waals surface area contributed by atoms with Gasteiger partial charge >= 0.3 is 0 Å². The first-order chi connectivity index (χ1) is 5.25. The van der Waals surface area contributed by atoms with Gasteiger partial charge in [-0.25, -0.2) is 0 Å². The molecule has 0 radical (unpaired) electrons. The fourth-order valence-electron chi connectivity index (χ4n) is 0.686. The lowest BCUT2D eigenvalue weighted by Gasteiger charge is -2.00. The van der Waals surface area contributed by atoms with Crippen molar-refractivity contribution in [2.45, 2.75) is 12.5 Å². The molecule has 1 aromatic rings. The van der Waals surface area contributed by atoms with E-state index in [1.807, 2.05) is 0 Å². The van der Waals surface area contributed by atoms with Gasteiger partial charge in [-0.3, -0.25) is 0 Å². The van der Waals surface area contributed by atoms with Gasteiger partial charge in [-0.1, -0.05) is 0 Å². The summed E-state index contributed by atoms with van der Waals surface area (Å²) in [5.41, 5.74) is 5.53. The van der Waals surface area contributed by atoms with Crippen LogP contribution >= 0.6 is 0 Å². The summed E-state index contributed by atoms with van der Waals surface area (Å²) in [4.78, 5) is 0. The Morgan fingerprint density at radius 1 is 1.73 bits per heavy atom. The highest BCUT2D eigenvalue weighted by atomic mass is 19.1. The minimum atomic E-state index is -0.687. The van der Waals surface area contributed by atoms with Gasteiger partial charge in [0.1, 0.15) is 5.69 Å². The molecule has 0 unspecified atom stereocenters. The SMILES string of the molecule is C#CC[C@H](N)c1n[nH]nc1F. The van der Waals surface area contributed by atoms with Crippen molar-refractivity contribution < 1.29 is 4.39 Å². The highest BCUT2D eigenvalue weighted by Gasteiger charge is 2.13. The summed E-state index contributed by atoms with van der Waals surface area (Å²) in [6.45, 7) is 0. The van der Waals surface area contributed by atoms with Gasteiger partial charge in [-0.15, -0.1) is 17.4 Å². The van der Waals surface area contributed by atoms with Crippen molar-refractivity contribution in [1.29, 1.82) is 0 Å². The molecule has 0 spiro atoms. The normalized spacial score (nSPS) is 12.5. The maximum atomic E-state index is 12.6. The number of aromatic nitrogens is 3. The van der Waals surface area contributed by atoms with Gasteiger partial charge in [0.05, 0.1) is 6.04 Å². The zero-order valence-corrected chi connectivity index (χ0v) is 5.71. The fraction of sp³-hybridized carbons (Fsp3) is 0.333. The Hall–Kier alpha value is -1.41. The Morgan fingerprint density at radius 2 is 2.45 bits per heavy atom. The maximum absolute atomic E-state index is 12.6. The van der Waals surface area contributed by atoms with Gasteiger partial charge < -0.3 is 5.73 Å². The Morgan fingerprint density at radius 3 is 2.91 bits per heavy atom. The van der Waals surface area contributed by atoms with Gasteiger partial charge in [0.25, 0.3) is 5.95 Å². The number of rotatable bonds is 2. The smallest absolute Gasteiger partial charge is 0.257 e. The van der Waals surface area contributed by atoms with Crippen molar-refractivity contribution in [3.05, 3.63) is 11.6 Å². The van der Waals surface area contributed by atoms with Crippen LogP contribution in [0.4, 0.5) is 4.39 Å². The minimum Gasteiger partial charge on any atom is -0.322 e. The van der Waals surface area contributed by atoms with Crippen LogP contribution < -0.4 is 5.73 Å². The number of hydrogen-bond donors (Lipinski definition) is 2. The number of nitrogens with one attached hydrogen (secondary N) is 1. The fourth-order valence-corrected chi connectivity index (χ4v) is 0.686. The van der Waals surface area contributed by atoms with Crippen molar-refractivity contribution in [2.24, 2.45) is 5.73 Å². The summed E-state index contributed by atoms with van der Waals surface area (Å²) in [5.74, 6) is 1.62. The highest BCUT2D eigenvalue weighted by Crippen LogP contribution is 2.11. The molecule has 4 nitrogen and oxygen atoms in total. The van der Waals surface area contributed by atoms with Gasteiger partial charge in [-0.05, 0) is 0 Å². The van der Waals surface area contributed by atoms with Crippen LogP contribution in [0.3, 0.4) is 0 Å². The number of H-pyrrole nitrogens is 1. The standard InChI is InChI=1S/C6H7FN4/c1-2-3-4(8)5-6(7)10-11-9-5/h1,4H,3,8H2,(H,9,10,11)/t4-/m0/s1. The summed E-state index contributed by atoms with van der Waals surface area (Å²) >= 11 is 0. The van der Waals surface area contributed by atoms with E-state index in [1.54, 1.807) is 0 Å². The van der Waals surface area contributed by atoms with Crippen LogP contribution in [-0.2, 0) is 0 Å². The van der Waals surface area contributed by atoms with Crippen molar-refractivity contribution >= 4 is 0 Å². The van der Waals surface area contributed by atoms with E-state index in [4.69, 9.17) is 12.2 Å². The molecule has 3 N–H and O–H groups in total. The summed E-state index contributed by atoms with van der Waals surface area (Å²) < 4.78 is 12.6. The molecule has 0 aliphatic carbocycles. The Labute approximate surface area is 63.0 Å². The summed E-state index contributed by atoms with van der Waals surface area (Å²) in [7, 11) is 0. The van der Waals surface area contributed by atoms with Crippen molar-refractivity contribution in [3.8, 4) is 12.3 Å². The van der Waals surface area contributed by atoms with E-state index in [2.05, 4.69) is 21.3 Å². The summed E-state index contributed by atoms with van der Waals surface area (Å²) in [5, 5.41) is 8.78. The zero-order chi connectivity index (χ0) is 8.27. The van der Waals surface area contributed by atoms with Crippen LogP contribution in [0.5, 0.6) is 0 Å². The first kappa shape index (κ1) is 7.69. The topological polar surface area (TPSA) is 67.6 Å². The Bertz CT molecular complexity index is 274. The quantitative estimate of drug-likeness (QED) is 0.587. The molecule has 1 heterocycles. The zero-order valence-electron chi connectivity index (χ0n) is 5.71. The second-order valence-corrected chi connectivity index (χ2v) is 2.01. The predicted molar refractivity (Wildman–Crippen MR) is 36.7 cm³/mol. The summed E-state index contributed by atoms with van der Waals surface area (Å²) in [6.07, 6.45) is 5.23. The third-order valence-electron chi connectivity index (χ3n) is 1.22. The molecule has 1 rings (SSSR count). The second kappa shape index (κ2) is 3.12. The Kier molecular flexibility index (Phi) is 2.18. The molecule has 0 amide bonds. The molecule has 0 aromatic carbocycles. The molecule has 5 heteroatoms. The number of halogens is 1. The lowest BCUT2D eigenvalue weighted by Crippen LogP contribution is -2.11. The molecule has 11 heavy (non-hydrogen) atoms. The van der Waals surface area contributed by atoms with Crippen LogP contribution in [-0.4, -0.2) is 15.4 Å². The van der Waals surface area contributed by atoms with Crippen LogP contribution in [0.25, 0.3) is 0 Å². The van der Waals surface area contributed by atoms with E-state index in [9.17, 15) is 4.39 Å². The van der Waals surface area contributed by atoms with Crippen LogP contribution in [0.15, 0.2) is 0 Å². The molecule has 0 bridgehead atoms. The van der Waals surface area contributed by atoms with Crippen LogP contribution in [0, 0.1) is 18.3 Å². The monoisotopic (exact) mass is 154 g/mol. The number of hydrogen-bond acceptors (Lipinski definition) is 3. The lowest BCUT2D eigenvalue weighted by molar-refractivity contribution is 0.548. The third kappa shape index (κ3) is 1.53. The molecule has 0 saturated heterocycles. The van der Waals surface area contributed by atoms with Crippen LogP contribution in [0.1, 0.15) is 18.2 Å². The molecule has 0 aliphatic rings. The predicted octanol–water partition coefficient (Wildman–Crippen LogP) is -0.0331. The molecule has 0 saturated carbocycles. The van der Waals surface area contributed by atoms with Gasteiger partial charge in [0, 0.05) is 6.42 Å². The van der Waals surface area contributed by atoms with Gasteiger partial charge in [-0.2, -0.15) is 14.7 Å². The second-order valence-electron chi connectivity index (χ2n) is 2.01. The first-order valence-corrected chi connectivity index (χ1v) is 3.01. The Balaban J connectivity index is 2.77. The van der Waals surface area contributed by atoms with E-state index in [0.717, 1.165) is 0 Å². The number of aromatic amines is 1. The van der Waals surface area contributed by atoms with E-state index in [0.29, 0.717) is 0 Å². The number of terminal acetylenes is 1. The van der Waals surface area contributed by atoms with E-state index in [-0.39, 0.29) is 12.1 Å². The minimum absolute atomic E-state index is 0.0861. The number of nitrogens with two attached hydrogens (primary N) is 1. The summed E-state index contributed by atoms with van der Waals surface area (Å²) in [6, 6.07) is -0.571.